The summed E-state index contributed by atoms with van der Waals surface area (Å²) < 4.78 is 22.6. The molecule has 2 saturated carbocycles. The average molecular weight is 465 g/mol. The van der Waals surface area contributed by atoms with E-state index in [1.165, 1.54) is 0 Å². The van der Waals surface area contributed by atoms with Gasteiger partial charge in [-0.25, -0.2) is 0 Å². The Morgan fingerprint density at radius 3 is 2.16 bits per heavy atom. The Bertz CT molecular complexity index is 689. The maximum absolute atomic E-state index is 10.7. The van der Waals surface area contributed by atoms with E-state index in [0.717, 1.165) is 0 Å². The molecule has 2 bridgehead atoms. The maximum atomic E-state index is 10.7. The lowest BCUT2D eigenvalue weighted by Crippen LogP contribution is -2.62. The highest BCUT2D eigenvalue weighted by Gasteiger charge is 2.66. The molecule has 0 aromatic heterocycles. The molecular weight excluding hydrogens is 428 g/mol. The Kier molecular flexibility index (Phi) is 6.44. The molecule has 2 heterocycles. The summed E-state index contributed by atoms with van der Waals surface area (Å²) in [6.45, 7) is 4.49. The highest BCUT2D eigenvalue weighted by atomic mass is 16.7. The van der Waals surface area contributed by atoms with Crippen LogP contribution in [0.4, 0.5) is 0 Å². The molecule has 7 N–H and O–H groups in total. The molecule has 11 heteroatoms. The number of rotatable bonds is 6. The van der Waals surface area contributed by atoms with Gasteiger partial charge in [0.2, 0.25) is 0 Å². The first kappa shape index (κ1) is 24.7. The molecule has 2 saturated heterocycles. The first-order chi connectivity index (χ1) is 14.9. The van der Waals surface area contributed by atoms with Crippen LogP contribution in [0.3, 0.4) is 0 Å². The summed E-state index contributed by atoms with van der Waals surface area (Å²) in [5.41, 5.74) is -2.46. The van der Waals surface area contributed by atoms with Crippen LogP contribution in [0.15, 0.2) is 0 Å². The molecule has 4 rings (SSSR count). The second kappa shape index (κ2) is 8.35. The van der Waals surface area contributed by atoms with Gasteiger partial charge in [0.1, 0.15) is 36.1 Å². The van der Waals surface area contributed by atoms with E-state index in [4.69, 9.17) is 18.9 Å². The minimum Gasteiger partial charge on any atom is -0.394 e. The van der Waals surface area contributed by atoms with Gasteiger partial charge in [0, 0.05) is 5.41 Å². The number of aliphatic hydroxyl groups is 7. The number of ether oxygens (including phenoxy) is 4. The van der Waals surface area contributed by atoms with Crippen molar-refractivity contribution in [3.05, 3.63) is 0 Å². The molecule has 4 aliphatic rings. The number of aliphatic hydroxyl groups excluding tert-OH is 6. The van der Waals surface area contributed by atoms with Crippen molar-refractivity contribution >= 4 is 0 Å². The third-order valence-corrected chi connectivity index (χ3v) is 8.67. The summed E-state index contributed by atoms with van der Waals surface area (Å²) in [6.07, 6.45) is -9.31. The van der Waals surface area contributed by atoms with E-state index < -0.39 is 68.0 Å². The summed E-state index contributed by atoms with van der Waals surface area (Å²) in [7, 11) is 0. The monoisotopic (exact) mass is 464 g/mol. The Morgan fingerprint density at radius 1 is 0.969 bits per heavy atom. The van der Waals surface area contributed by atoms with Crippen LogP contribution in [0.2, 0.25) is 0 Å². The van der Waals surface area contributed by atoms with E-state index in [2.05, 4.69) is 13.8 Å². The molecule has 11 nitrogen and oxygen atoms in total. The van der Waals surface area contributed by atoms with Crippen LogP contribution in [-0.4, -0.2) is 116 Å². The van der Waals surface area contributed by atoms with Gasteiger partial charge in [0.25, 0.3) is 0 Å². The predicted octanol–water partition coefficient (Wildman–Crippen LogP) is -2.55. The Balaban J connectivity index is 1.44. The molecule has 12 unspecified atom stereocenters. The zero-order valence-corrected chi connectivity index (χ0v) is 18.6. The maximum Gasteiger partial charge on any atom is 0.187 e. The van der Waals surface area contributed by atoms with E-state index in [9.17, 15) is 35.7 Å². The van der Waals surface area contributed by atoms with Crippen LogP contribution in [-0.2, 0) is 18.9 Å². The normalized spacial score (nSPS) is 54.9. The predicted molar refractivity (Wildman–Crippen MR) is 106 cm³/mol. The van der Waals surface area contributed by atoms with E-state index in [1.807, 2.05) is 6.92 Å². The lowest BCUT2D eigenvalue weighted by atomic mass is 9.70. The van der Waals surface area contributed by atoms with Crippen molar-refractivity contribution < 1.29 is 54.7 Å². The first-order valence-corrected chi connectivity index (χ1v) is 11.1. The van der Waals surface area contributed by atoms with Crippen LogP contribution in [0, 0.1) is 16.7 Å². The molecule has 186 valence electrons. The van der Waals surface area contributed by atoms with Crippen LogP contribution >= 0.6 is 0 Å². The molecule has 0 spiro atoms. The SMILES string of the molecule is CC1(C)C2CC(OC3OC(CO)C(OC4OCC(O)(CO)C4O)C(O)C3O)C1(C)CC2O. The summed E-state index contributed by atoms with van der Waals surface area (Å²) in [4.78, 5) is 0. The molecule has 0 radical (unpaired) electrons. The number of hydrogen-bond acceptors (Lipinski definition) is 11. The van der Waals surface area contributed by atoms with Crippen molar-refractivity contribution in [1.82, 2.24) is 0 Å². The van der Waals surface area contributed by atoms with Crippen molar-refractivity contribution in [2.75, 3.05) is 19.8 Å². The molecule has 4 fully saturated rings. The van der Waals surface area contributed by atoms with Crippen molar-refractivity contribution in [3.63, 3.8) is 0 Å². The van der Waals surface area contributed by atoms with Gasteiger partial charge in [-0.1, -0.05) is 20.8 Å². The number of fused-ring (bicyclic) bond motifs is 2. The van der Waals surface area contributed by atoms with Crippen LogP contribution in [0.1, 0.15) is 33.6 Å². The number of hydrogen-bond donors (Lipinski definition) is 7. The highest BCUT2D eigenvalue weighted by molar-refractivity contribution is 5.15. The van der Waals surface area contributed by atoms with Crippen LogP contribution in [0.5, 0.6) is 0 Å². The van der Waals surface area contributed by atoms with Gasteiger partial charge < -0.3 is 54.7 Å². The Hall–Kier alpha value is -0.440. The fourth-order valence-corrected chi connectivity index (χ4v) is 6.00. The molecule has 0 amide bonds. The van der Waals surface area contributed by atoms with Gasteiger partial charge in [0.05, 0.1) is 32.0 Å². The van der Waals surface area contributed by atoms with Crippen molar-refractivity contribution in [2.24, 2.45) is 16.7 Å². The average Bonchev–Trinajstić information content (AvgIpc) is 3.20. The third-order valence-electron chi connectivity index (χ3n) is 8.67. The molecule has 2 aliphatic heterocycles. The second-order valence-corrected chi connectivity index (χ2v) is 10.6. The molecular formula is C21H36O11. The molecule has 2 aliphatic carbocycles. The lowest BCUT2D eigenvalue weighted by Gasteiger charge is -2.46. The lowest BCUT2D eigenvalue weighted by molar-refractivity contribution is -0.341. The minimum atomic E-state index is -1.92. The van der Waals surface area contributed by atoms with Gasteiger partial charge in [-0.3, -0.25) is 0 Å². The topological polar surface area (TPSA) is 179 Å². The molecule has 32 heavy (non-hydrogen) atoms. The Morgan fingerprint density at radius 2 is 1.66 bits per heavy atom. The zero-order valence-electron chi connectivity index (χ0n) is 18.6. The van der Waals surface area contributed by atoms with Gasteiger partial charge >= 0.3 is 0 Å². The van der Waals surface area contributed by atoms with Crippen molar-refractivity contribution in [1.29, 1.82) is 0 Å². The standard InChI is InChI=1S/C21H36O11/c1-19(2)9-4-12(20(19,3)5-10(9)24)31-17-14(26)13(25)15(11(6-22)30-17)32-18-16(27)21(28,7-23)8-29-18/h9-18,22-28H,4-8H2,1-3H3. The summed E-state index contributed by atoms with van der Waals surface area (Å²) >= 11 is 0. The third kappa shape index (κ3) is 3.54. The second-order valence-electron chi connectivity index (χ2n) is 10.6. The Labute approximate surface area is 186 Å². The summed E-state index contributed by atoms with van der Waals surface area (Å²) in [5.74, 6) is 0.0409. The van der Waals surface area contributed by atoms with Gasteiger partial charge in [-0.15, -0.1) is 0 Å². The fourth-order valence-electron chi connectivity index (χ4n) is 6.00. The van der Waals surface area contributed by atoms with E-state index >= 15 is 0 Å². The summed E-state index contributed by atoms with van der Waals surface area (Å²) in [6, 6.07) is 0. The largest absolute Gasteiger partial charge is 0.394 e. The van der Waals surface area contributed by atoms with Gasteiger partial charge in [-0.05, 0) is 24.2 Å². The molecule has 0 aromatic carbocycles. The fraction of sp³-hybridized carbons (Fsp3) is 1.00. The minimum absolute atomic E-state index is 0.0409. The van der Waals surface area contributed by atoms with E-state index in [1.54, 1.807) is 0 Å². The van der Waals surface area contributed by atoms with E-state index in [-0.39, 0.29) is 29.5 Å². The smallest absolute Gasteiger partial charge is 0.187 e. The van der Waals surface area contributed by atoms with Gasteiger partial charge in [-0.2, -0.15) is 0 Å². The van der Waals surface area contributed by atoms with Gasteiger partial charge in [0.15, 0.2) is 12.6 Å². The highest BCUT2D eigenvalue weighted by Crippen LogP contribution is 2.66. The van der Waals surface area contributed by atoms with E-state index in [0.29, 0.717) is 12.8 Å². The molecule has 12 atom stereocenters. The van der Waals surface area contributed by atoms with Crippen LogP contribution < -0.4 is 0 Å². The molecule has 0 aromatic rings. The van der Waals surface area contributed by atoms with Crippen molar-refractivity contribution in [2.45, 2.75) is 94.5 Å². The van der Waals surface area contributed by atoms with Crippen molar-refractivity contribution in [3.8, 4) is 0 Å². The summed E-state index contributed by atoms with van der Waals surface area (Å²) in [5, 5.41) is 71.2. The quantitative estimate of drug-likeness (QED) is 0.220. The van der Waals surface area contributed by atoms with Crippen LogP contribution in [0.25, 0.3) is 0 Å². The first-order valence-electron chi connectivity index (χ1n) is 11.1. The zero-order chi connectivity index (χ0) is 23.6.